The Morgan fingerprint density at radius 1 is 1.40 bits per heavy atom. The summed E-state index contributed by atoms with van der Waals surface area (Å²) in [5.74, 6) is 0.504. The molecule has 0 aliphatic carbocycles. The van der Waals surface area contributed by atoms with Gasteiger partial charge in [0.1, 0.15) is 0 Å². The van der Waals surface area contributed by atoms with Crippen molar-refractivity contribution < 1.29 is 5.11 Å². The fourth-order valence-electron chi connectivity index (χ4n) is 2.20. The van der Waals surface area contributed by atoms with Crippen LogP contribution in [0.2, 0.25) is 0 Å². The Hall–Kier alpha value is -0.120. The van der Waals surface area contributed by atoms with Gasteiger partial charge >= 0.3 is 0 Å². The number of rotatable bonds is 5. The number of likely N-dealkylation sites (N-methyl/N-ethyl adjacent to an activating group) is 1. The van der Waals surface area contributed by atoms with Crippen molar-refractivity contribution in [1.82, 2.24) is 10.2 Å². The van der Waals surface area contributed by atoms with Gasteiger partial charge in [-0.15, -0.1) is 0 Å². The highest BCUT2D eigenvalue weighted by Crippen LogP contribution is 2.14. The van der Waals surface area contributed by atoms with Gasteiger partial charge in [0.2, 0.25) is 0 Å². The number of nitrogens with zero attached hydrogens (tertiary/aromatic N) is 1. The van der Waals surface area contributed by atoms with Gasteiger partial charge in [-0.05, 0) is 32.4 Å². The topological polar surface area (TPSA) is 35.5 Å². The average Bonchev–Trinajstić information content (AvgIpc) is 2.21. The zero-order chi connectivity index (χ0) is 11.3. The molecule has 0 bridgehead atoms. The van der Waals surface area contributed by atoms with Crippen LogP contribution in [0.4, 0.5) is 0 Å². The number of likely N-dealkylation sites (tertiary alicyclic amines) is 1. The molecule has 0 spiro atoms. The van der Waals surface area contributed by atoms with Crippen molar-refractivity contribution in [3.05, 3.63) is 0 Å². The zero-order valence-electron chi connectivity index (χ0n) is 10.4. The summed E-state index contributed by atoms with van der Waals surface area (Å²) in [6, 6.07) is 0.909. The van der Waals surface area contributed by atoms with E-state index in [0.717, 1.165) is 6.54 Å². The van der Waals surface area contributed by atoms with Crippen molar-refractivity contribution in [1.29, 1.82) is 0 Å². The lowest BCUT2D eigenvalue weighted by molar-refractivity contribution is 0.157. The molecule has 0 amide bonds. The number of aliphatic hydroxyl groups excluding tert-OH is 1. The van der Waals surface area contributed by atoms with Crippen LogP contribution >= 0.6 is 0 Å². The van der Waals surface area contributed by atoms with E-state index in [1.165, 1.54) is 25.8 Å². The second-order valence-corrected chi connectivity index (χ2v) is 5.07. The molecule has 0 aromatic heterocycles. The number of hydrogen-bond donors (Lipinski definition) is 2. The van der Waals surface area contributed by atoms with Crippen molar-refractivity contribution in [2.75, 3.05) is 26.7 Å². The molecule has 1 aliphatic rings. The Bertz CT molecular complexity index is 173. The van der Waals surface area contributed by atoms with Gasteiger partial charge in [0.15, 0.2) is 0 Å². The fourth-order valence-corrected chi connectivity index (χ4v) is 2.20. The highest BCUT2D eigenvalue weighted by atomic mass is 16.3. The molecule has 15 heavy (non-hydrogen) atoms. The minimum atomic E-state index is 0.244. The van der Waals surface area contributed by atoms with E-state index in [-0.39, 0.29) is 12.6 Å². The van der Waals surface area contributed by atoms with Gasteiger partial charge in [0.05, 0.1) is 6.61 Å². The van der Waals surface area contributed by atoms with E-state index in [1.54, 1.807) is 0 Å². The first-order valence-electron chi connectivity index (χ1n) is 6.19. The first kappa shape index (κ1) is 12.9. The lowest BCUT2D eigenvalue weighted by Gasteiger charge is -2.34. The van der Waals surface area contributed by atoms with Crippen LogP contribution < -0.4 is 5.32 Å². The maximum Gasteiger partial charge on any atom is 0.0587 e. The molecule has 1 aliphatic heterocycles. The molecule has 1 fully saturated rings. The second kappa shape index (κ2) is 6.46. The number of piperidine rings is 1. The molecule has 0 aromatic carbocycles. The predicted octanol–water partition coefficient (Wildman–Crippen LogP) is 1.08. The van der Waals surface area contributed by atoms with E-state index >= 15 is 0 Å². The van der Waals surface area contributed by atoms with Crippen molar-refractivity contribution >= 4 is 0 Å². The Labute approximate surface area is 93.9 Å². The Morgan fingerprint density at radius 2 is 2.13 bits per heavy atom. The van der Waals surface area contributed by atoms with E-state index < -0.39 is 0 Å². The number of aliphatic hydroxyl groups is 1. The molecule has 1 rings (SSSR count). The SMILES string of the molecule is CC(C)[C@@H](CO)NCC1CCCCN1C. The first-order chi connectivity index (χ1) is 7.15. The van der Waals surface area contributed by atoms with Gasteiger partial charge in [0.25, 0.3) is 0 Å². The van der Waals surface area contributed by atoms with E-state index in [4.69, 9.17) is 0 Å². The summed E-state index contributed by atoms with van der Waals surface area (Å²) in [5, 5.41) is 12.7. The Morgan fingerprint density at radius 3 is 2.67 bits per heavy atom. The van der Waals surface area contributed by atoms with Crippen LogP contribution in [-0.2, 0) is 0 Å². The molecule has 3 nitrogen and oxygen atoms in total. The molecule has 1 saturated heterocycles. The van der Waals surface area contributed by atoms with Crippen LogP contribution in [0, 0.1) is 5.92 Å². The maximum absolute atomic E-state index is 9.22. The monoisotopic (exact) mass is 214 g/mol. The van der Waals surface area contributed by atoms with Crippen molar-refractivity contribution in [2.24, 2.45) is 5.92 Å². The van der Waals surface area contributed by atoms with E-state index in [1.807, 2.05) is 0 Å². The van der Waals surface area contributed by atoms with Crippen molar-refractivity contribution in [3.8, 4) is 0 Å². The molecule has 0 aromatic rings. The lowest BCUT2D eigenvalue weighted by Crippen LogP contribution is -2.47. The van der Waals surface area contributed by atoms with Crippen LogP contribution in [-0.4, -0.2) is 48.8 Å². The molecule has 2 N–H and O–H groups in total. The summed E-state index contributed by atoms with van der Waals surface area (Å²) in [7, 11) is 2.20. The maximum atomic E-state index is 9.22. The molecular weight excluding hydrogens is 188 g/mol. The molecule has 90 valence electrons. The van der Waals surface area contributed by atoms with Gasteiger partial charge in [-0.25, -0.2) is 0 Å². The molecule has 2 atom stereocenters. The van der Waals surface area contributed by atoms with Crippen LogP contribution in [0.25, 0.3) is 0 Å². The smallest absolute Gasteiger partial charge is 0.0587 e. The van der Waals surface area contributed by atoms with Gasteiger partial charge < -0.3 is 15.3 Å². The average molecular weight is 214 g/mol. The largest absolute Gasteiger partial charge is 0.395 e. The highest BCUT2D eigenvalue weighted by Gasteiger charge is 2.20. The third-order valence-corrected chi connectivity index (χ3v) is 3.54. The lowest BCUT2D eigenvalue weighted by atomic mass is 10.0. The van der Waals surface area contributed by atoms with E-state index in [2.05, 4.69) is 31.1 Å². The quantitative estimate of drug-likeness (QED) is 0.719. The van der Waals surface area contributed by atoms with Gasteiger partial charge in [-0.1, -0.05) is 20.3 Å². The summed E-state index contributed by atoms with van der Waals surface area (Å²) in [6.45, 7) is 6.78. The minimum absolute atomic E-state index is 0.244. The second-order valence-electron chi connectivity index (χ2n) is 5.07. The van der Waals surface area contributed by atoms with Gasteiger partial charge in [0, 0.05) is 18.6 Å². The first-order valence-corrected chi connectivity index (χ1v) is 6.19. The summed E-state index contributed by atoms with van der Waals surface area (Å²) in [4.78, 5) is 2.44. The molecule has 0 radical (unpaired) electrons. The van der Waals surface area contributed by atoms with Crippen LogP contribution in [0.5, 0.6) is 0 Å². The van der Waals surface area contributed by atoms with Gasteiger partial charge in [-0.2, -0.15) is 0 Å². The van der Waals surface area contributed by atoms with E-state index in [9.17, 15) is 5.11 Å². The normalized spacial score (nSPS) is 25.8. The number of nitrogens with one attached hydrogen (secondary N) is 1. The summed E-state index contributed by atoms with van der Waals surface area (Å²) >= 11 is 0. The summed E-state index contributed by atoms with van der Waals surface area (Å²) in [5.41, 5.74) is 0. The molecule has 0 saturated carbocycles. The van der Waals surface area contributed by atoms with Crippen LogP contribution in [0.3, 0.4) is 0 Å². The minimum Gasteiger partial charge on any atom is -0.395 e. The standard InChI is InChI=1S/C12H26N2O/c1-10(2)12(9-15)13-8-11-6-4-5-7-14(11)3/h10-13,15H,4-9H2,1-3H3/t11?,12-/m1/s1. The van der Waals surface area contributed by atoms with E-state index in [0.29, 0.717) is 12.0 Å². The van der Waals surface area contributed by atoms with Crippen molar-refractivity contribution in [2.45, 2.75) is 45.2 Å². The molecule has 3 heteroatoms. The molecular formula is C12H26N2O. The molecule has 1 unspecified atom stereocenters. The predicted molar refractivity (Wildman–Crippen MR) is 64.0 cm³/mol. The Kier molecular flexibility index (Phi) is 5.58. The third-order valence-electron chi connectivity index (χ3n) is 3.54. The number of hydrogen-bond acceptors (Lipinski definition) is 3. The summed E-state index contributed by atoms with van der Waals surface area (Å²) in [6.07, 6.45) is 3.97. The molecule has 1 heterocycles. The van der Waals surface area contributed by atoms with Gasteiger partial charge in [-0.3, -0.25) is 0 Å². The third kappa shape index (κ3) is 4.09. The highest BCUT2D eigenvalue weighted by molar-refractivity contribution is 4.79. The van der Waals surface area contributed by atoms with Crippen LogP contribution in [0.15, 0.2) is 0 Å². The van der Waals surface area contributed by atoms with Crippen molar-refractivity contribution in [3.63, 3.8) is 0 Å². The fraction of sp³-hybridized carbons (Fsp3) is 1.00. The van der Waals surface area contributed by atoms with Crippen LogP contribution in [0.1, 0.15) is 33.1 Å². The Balaban J connectivity index is 2.27. The summed E-state index contributed by atoms with van der Waals surface area (Å²) < 4.78 is 0. The zero-order valence-corrected chi connectivity index (χ0v) is 10.4.